The molecule has 1 atom stereocenters. The fourth-order valence-electron chi connectivity index (χ4n) is 2.12. The zero-order valence-corrected chi connectivity index (χ0v) is 12.5. The fourth-order valence-corrected chi connectivity index (χ4v) is 2.12. The van der Waals surface area contributed by atoms with Gasteiger partial charge in [-0.2, -0.15) is 0 Å². The molecule has 0 aliphatic heterocycles. The highest BCUT2D eigenvalue weighted by atomic mass is 16.5. The average Bonchev–Trinajstić information content (AvgIpc) is 2.53. The molecule has 0 saturated carbocycles. The van der Waals surface area contributed by atoms with Gasteiger partial charge in [0.1, 0.15) is 18.5 Å². The van der Waals surface area contributed by atoms with Crippen LogP contribution in [0.4, 0.5) is 0 Å². The van der Waals surface area contributed by atoms with E-state index in [1.807, 2.05) is 50.2 Å². The second-order valence-electron chi connectivity index (χ2n) is 5.02. The molecule has 0 saturated heterocycles. The topological polar surface area (TPSA) is 68.4 Å². The van der Waals surface area contributed by atoms with Crippen LogP contribution in [0.3, 0.4) is 0 Å². The Morgan fingerprint density at radius 2 is 1.90 bits per heavy atom. The summed E-state index contributed by atoms with van der Waals surface area (Å²) in [5.41, 5.74) is 9.32. The molecule has 3 N–H and O–H groups in total. The van der Waals surface area contributed by atoms with Gasteiger partial charge < -0.3 is 15.6 Å². The van der Waals surface area contributed by atoms with E-state index >= 15 is 0 Å². The van der Waals surface area contributed by atoms with E-state index in [1.54, 1.807) is 0 Å². The first-order valence-electron chi connectivity index (χ1n) is 7.20. The zero-order chi connectivity index (χ0) is 15.2. The first-order chi connectivity index (χ1) is 10.1. The van der Waals surface area contributed by atoms with Crippen molar-refractivity contribution in [3.63, 3.8) is 0 Å². The van der Waals surface area contributed by atoms with Crippen molar-refractivity contribution in [3.05, 3.63) is 58.9 Å². The minimum Gasteiger partial charge on any atom is -0.489 e. The standard InChI is InChI=1S/C17H22N2O2/c1-3-15-17(9-4-12(2)19-15)21-11-16(20)14-7-5-13(10-18)6-8-14/h4-9,16,20H,3,10-11,18H2,1-2H3. The molecule has 1 aromatic carbocycles. The van der Waals surface area contributed by atoms with Crippen LogP contribution in [-0.4, -0.2) is 16.7 Å². The second kappa shape index (κ2) is 7.20. The van der Waals surface area contributed by atoms with Gasteiger partial charge in [-0.1, -0.05) is 31.2 Å². The van der Waals surface area contributed by atoms with Crippen LogP contribution >= 0.6 is 0 Å². The highest BCUT2D eigenvalue weighted by molar-refractivity contribution is 5.30. The van der Waals surface area contributed by atoms with Crippen LogP contribution < -0.4 is 10.5 Å². The van der Waals surface area contributed by atoms with E-state index in [1.165, 1.54) is 0 Å². The van der Waals surface area contributed by atoms with Crippen molar-refractivity contribution < 1.29 is 9.84 Å². The number of aliphatic hydroxyl groups is 1. The molecule has 1 aromatic heterocycles. The normalized spacial score (nSPS) is 12.2. The lowest BCUT2D eigenvalue weighted by molar-refractivity contribution is 0.107. The fraction of sp³-hybridized carbons (Fsp3) is 0.353. The molecule has 21 heavy (non-hydrogen) atoms. The minimum absolute atomic E-state index is 0.208. The van der Waals surface area contributed by atoms with Crippen molar-refractivity contribution in [2.24, 2.45) is 5.73 Å². The molecule has 0 aliphatic carbocycles. The number of hydrogen-bond donors (Lipinski definition) is 2. The Kier molecular flexibility index (Phi) is 5.31. The molecule has 0 amide bonds. The average molecular weight is 286 g/mol. The van der Waals surface area contributed by atoms with Crippen LogP contribution in [0.2, 0.25) is 0 Å². The summed E-state index contributed by atoms with van der Waals surface area (Å²) in [6.45, 7) is 4.70. The quantitative estimate of drug-likeness (QED) is 0.856. The van der Waals surface area contributed by atoms with Crippen molar-refractivity contribution in [1.29, 1.82) is 0 Å². The van der Waals surface area contributed by atoms with E-state index < -0.39 is 6.10 Å². The van der Waals surface area contributed by atoms with E-state index in [-0.39, 0.29) is 6.61 Å². The van der Waals surface area contributed by atoms with Crippen LogP contribution in [0.25, 0.3) is 0 Å². The smallest absolute Gasteiger partial charge is 0.140 e. The molecule has 112 valence electrons. The van der Waals surface area contributed by atoms with Gasteiger partial charge in [-0.05, 0) is 36.6 Å². The number of aliphatic hydroxyl groups excluding tert-OH is 1. The van der Waals surface area contributed by atoms with Crippen molar-refractivity contribution in [1.82, 2.24) is 4.98 Å². The third kappa shape index (κ3) is 4.03. The summed E-state index contributed by atoms with van der Waals surface area (Å²) in [6.07, 6.45) is 0.140. The summed E-state index contributed by atoms with van der Waals surface area (Å²) < 4.78 is 5.72. The number of hydrogen-bond acceptors (Lipinski definition) is 4. The molecule has 0 radical (unpaired) electrons. The molecule has 0 bridgehead atoms. The van der Waals surface area contributed by atoms with E-state index in [9.17, 15) is 5.11 Å². The molecule has 2 aromatic rings. The molecule has 4 heteroatoms. The first-order valence-corrected chi connectivity index (χ1v) is 7.20. The van der Waals surface area contributed by atoms with Crippen molar-refractivity contribution in [2.45, 2.75) is 32.9 Å². The van der Waals surface area contributed by atoms with Crippen LogP contribution in [0.1, 0.15) is 35.5 Å². The van der Waals surface area contributed by atoms with Crippen molar-refractivity contribution in [2.75, 3.05) is 6.61 Å². The van der Waals surface area contributed by atoms with Gasteiger partial charge in [0.05, 0.1) is 5.69 Å². The first kappa shape index (κ1) is 15.5. The van der Waals surface area contributed by atoms with Gasteiger partial charge in [0.15, 0.2) is 0 Å². The van der Waals surface area contributed by atoms with Gasteiger partial charge >= 0.3 is 0 Å². The summed E-state index contributed by atoms with van der Waals surface area (Å²) in [4.78, 5) is 4.44. The largest absolute Gasteiger partial charge is 0.489 e. The molecule has 0 spiro atoms. The van der Waals surface area contributed by atoms with Crippen LogP contribution in [-0.2, 0) is 13.0 Å². The number of benzene rings is 1. The number of ether oxygens (including phenoxy) is 1. The van der Waals surface area contributed by atoms with E-state index in [4.69, 9.17) is 10.5 Å². The third-order valence-corrected chi connectivity index (χ3v) is 3.40. The molecule has 2 rings (SSSR count). The maximum atomic E-state index is 10.2. The van der Waals surface area contributed by atoms with Crippen molar-refractivity contribution in [3.8, 4) is 5.75 Å². The van der Waals surface area contributed by atoms with Gasteiger partial charge in [0.2, 0.25) is 0 Å². The number of nitrogens with two attached hydrogens (primary N) is 1. The summed E-state index contributed by atoms with van der Waals surface area (Å²) in [5.74, 6) is 0.737. The van der Waals surface area contributed by atoms with Crippen molar-refractivity contribution >= 4 is 0 Å². The van der Waals surface area contributed by atoms with E-state index in [2.05, 4.69) is 4.98 Å². The Morgan fingerprint density at radius 3 is 2.52 bits per heavy atom. The van der Waals surface area contributed by atoms with Crippen LogP contribution in [0, 0.1) is 6.92 Å². The monoisotopic (exact) mass is 286 g/mol. The number of aromatic nitrogens is 1. The lowest BCUT2D eigenvalue weighted by atomic mass is 10.1. The van der Waals surface area contributed by atoms with Gasteiger partial charge in [-0.25, -0.2) is 0 Å². The lowest BCUT2D eigenvalue weighted by Gasteiger charge is -2.15. The van der Waals surface area contributed by atoms with Gasteiger partial charge in [0.25, 0.3) is 0 Å². The number of aryl methyl sites for hydroxylation is 2. The Morgan fingerprint density at radius 1 is 1.19 bits per heavy atom. The molecule has 1 unspecified atom stereocenters. The molecular weight excluding hydrogens is 264 g/mol. The Hall–Kier alpha value is -1.91. The molecule has 0 aliphatic rings. The van der Waals surface area contributed by atoms with Gasteiger partial charge in [-0.15, -0.1) is 0 Å². The molecule has 1 heterocycles. The number of rotatable bonds is 6. The SMILES string of the molecule is CCc1nc(C)ccc1OCC(O)c1ccc(CN)cc1. The zero-order valence-electron chi connectivity index (χ0n) is 12.5. The predicted molar refractivity (Wildman–Crippen MR) is 83.1 cm³/mol. The number of nitrogens with zero attached hydrogens (tertiary/aromatic N) is 1. The predicted octanol–water partition coefficient (Wildman–Crippen LogP) is 2.52. The van der Waals surface area contributed by atoms with Crippen LogP contribution in [0.5, 0.6) is 5.75 Å². The maximum Gasteiger partial charge on any atom is 0.140 e. The second-order valence-corrected chi connectivity index (χ2v) is 5.02. The lowest BCUT2D eigenvalue weighted by Crippen LogP contribution is -2.11. The number of pyridine rings is 1. The summed E-state index contributed by atoms with van der Waals surface area (Å²) in [5, 5.41) is 10.2. The van der Waals surface area contributed by atoms with Gasteiger partial charge in [0, 0.05) is 12.2 Å². The van der Waals surface area contributed by atoms with E-state index in [0.29, 0.717) is 6.54 Å². The van der Waals surface area contributed by atoms with Gasteiger partial charge in [-0.3, -0.25) is 4.98 Å². The maximum absolute atomic E-state index is 10.2. The Labute approximate surface area is 125 Å². The summed E-state index contributed by atoms with van der Waals surface area (Å²) >= 11 is 0. The Balaban J connectivity index is 2.01. The third-order valence-electron chi connectivity index (χ3n) is 3.40. The molecule has 4 nitrogen and oxygen atoms in total. The highest BCUT2D eigenvalue weighted by Crippen LogP contribution is 2.20. The summed E-state index contributed by atoms with van der Waals surface area (Å²) in [7, 11) is 0. The Bertz CT molecular complexity index is 582. The minimum atomic E-state index is -0.664. The highest BCUT2D eigenvalue weighted by Gasteiger charge is 2.10. The van der Waals surface area contributed by atoms with E-state index in [0.717, 1.165) is 34.7 Å². The van der Waals surface area contributed by atoms with Crippen LogP contribution in [0.15, 0.2) is 36.4 Å². The molecule has 0 fully saturated rings. The molecular formula is C17H22N2O2. The summed E-state index contributed by atoms with van der Waals surface area (Å²) in [6, 6.07) is 11.4.